The molecule has 0 aliphatic carbocycles. The Morgan fingerprint density at radius 2 is 1.74 bits per heavy atom. The molecule has 0 amide bonds. The summed E-state index contributed by atoms with van der Waals surface area (Å²) in [6, 6.07) is 21.6. The molecular formula is C22H19N3O2. The molecule has 1 N–H and O–H groups in total. The molecule has 2 atom stereocenters. The first-order chi connectivity index (χ1) is 13.2. The van der Waals surface area contributed by atoms with E-state index in [2.05, 4.69) is 6.07 Å². The fourth-order valence-electron chi connectivity index (χ4n) is 3.84. The van der Waals surface area contributed by atoms with Gasteiger partial charge in [0.1, 0.15) is 11.7 Å². The Morgan fingerprint density at radius 1 is 1.07 bits per heavy atom. The summed E-state index contributed by atoms with van der Waals surface area (Å²) in [5.41, 5.74) is 2.54. The molecule has 27 heavy (non-hydrogen) atoms. The van der Waals surface area contributed by atoms with Crippen LogP contribution in [0.25, 0.3) is 0 Å². The second-order valence-corrected chi connectivity index (χ2v) is 6.85. The van der Waals surface area contributed by atoms with E-state index in [0.29, 0.717) is 24.4 Å². The van der Waals surface area contributed by atoms with Crippen LogP contribution in [0.3, 0.4) is 0 Å². The molecular weight excluding hydrogens is 338 g/mol. The lowest BCUT2D eigenvalue weighted by Gasteiger charge is -2.37. The van der Waals surface area contributed by atoms with Crippen LogP contribution in [-0.4, -0.2) is 29.7 Å². The minimum absolute atomic E-state index is 0.0335. The second-order valence-electron chi connectivity index (χ2n) is 6.85. The monoisotopic (exact) mass is 357 g/mol. The first-order valence-electron chi connectivity index (χ1n) is 8.90. The number of carbonyl (C=O) groups is 1. The highest BCUT2D eigenvalue weighted by Gasteiger charge is 2.43. The van der Waals surface area contributed by atoms with Crippen LogP contribution in [0.4, 0.5) is 0 Å². The van der Waals surface area contributed by atoms with E-state index in [0.717, 1.165) is 11.1 Å². The van der Waals surface area contributed by atoms with E-state index in [4.69, 9.17) is 10.1 Å². The molecule has 4 rings (SSSR count). The normalized spacial score (nSPS) is 22.8. The molecule has 2 aliphatic heterocycles. The molecule has 2 aliphatic rings. The predicted octanol–water partition coefficient (Wildman–Crippen LogP) is 3.26. The maximum Gasteiger partial charge on any atom is 0.205 e. The highest BCUT2D eigenvalue weighted by Crippen LogP contribution is 2.41. The Labute approximate surface area is 158 Å². The van der Waals surface area contributed by atoms with Crippen LogP contribution in [0.5, 0.6) is 0 Å². The summed E-state index contributed by atoms with van der Waals surface area (Å²) >= 11 is 0. The molecule has 0 bridgehead atoms. The Balaban J connectivity index is 1.69. The van der Waals surface area contributed by atoms with Gasteiger partial charge in [0, 0.05) is 18.0 Å². The van der Waals surface area contributed by atoms with E-state index < -0.39 is 11.8 Å². The van der Waals surface area contributed by atoms with Crippen LogP contribution in [0.1, 0.15) is 17.0 Å². The number of rotatable bonds is 3. The van der Waals surface area contributed by atoms with Crippen LogP contribution in [0.2, 0.25) is 0 Å². The lowest BCUT2D eigenvalue weighted by molar-refractivity contribution is -0.118. The fourth-order valence-corrected chi connectivity index (χ4v) is 3.84. The van der Waals surface area contributed by atoms with Gasteiger partial charge in [-0.3, -0.25) is 15.1 Å². The molecule has 134 valence electrons. The van der Waals surface area contributed by atoms with Crippen molar-refractivity contribution in [2.45, 2.75) is 12.5 Å². The maximum absolute atomic E-state index is 13.0. The third-order valence-electron chi connectivity index (χ3n) is 5.04. The van der Waals surface area contributed by atoms with Crippen molar-refractivity contribution in [2.75, 3.05) is 13.1 Å². The van der Waals surface area contributed by atoms with Crippen molar-refractivity contribution in [3.05, 3.63) is 83.1 Å². The van der Waals surface area contributed by atoms with Gasteiger partial charge in [-0.25, -0.2) is 0 Å². The van der Waals surface area contributed by atoms with Crippen LogP contribution in [-0.2, 0) is 16.1 Å². The van der Waals surface area contributed by atoms with Crippen LogP contribution in [0.15, 0.2) is 72.0 Å². The molecule has 0 spiro atoms. The van der Waals surface area contributed by atoms with E-state index in [1.54, 1.807) is 0 Å². The van der Waals surface area contributed by atoms with Crippen molar-refractivity contribution in [1.82, 2.24) is 4.90 Å². The minimum atomic E-state index is -0.782. The lowest BCUT2D eigenvalue weighted by atomic mass is 9.76. The second kappa shape index (κ2) is 7.18. The number of hydrogen-bond donors (Lipinski definition) is 1. The van der Waals surface area contributed by atoms with E-state index in [9.17, 15) is 10.1 Å². The molecule has 2 aromatic rings. The molecule has 5 nitrogen and oxygen atoms in total. The highest BCUT2D eigenvalue weighted by molar-refractivity contribution is 6.02. The predicted molar refractivity (Wildman–Crippen MR) is 101 cm³/mol. The topological polar surface area (TPSA) is 77.2 Å². The Kier molecular flexibility index (Phi) is 4.57. The standard InChI is InChI=1S/C22H19N3O2/c23-11-17-20(16-9-5-2-6-10-16)21-18(26)13-25(14-19(21)27-22(17)24)12-15-7-3-1-4-8-15/h1-10,17,20,24H,12-14H2. The zero-order chi connectivity index (χ0) is 18.8. The van der Waals surface area contributed by atoms with Gasteiger partial charge in [0.15, 0.2) is 5.78 Å². The van der Waals surface area contributed by atoms with Crippen molar-refractivity contribution in [3.63, 3.8) is 0 Å². The SMILES string of the molecule is N#CC1C(=N)OC2=C(C(=O)CN(Cc3ccccc3)C2)C1c1ccccc1. The van der Waals surface area contributed by atoms with Gasteiger partial charge < -0.3 is 4.74 Å². The van der Waals surface area contributed by atoms with Crippen LogP contribution in [0, 0.1) is 22.7 Å². The molecule has 0 radical (unpaired) electrons. The molecule has 0 saturated heterocycles. The summed E-state index contributed by atoms with van der Waals surface area (Å²) < 4.78 is 5.66. The summed E-state index contributed by atoms with van der Waals surface area (Å²) in [5, 5.41) is 17.8. The molecule has 2 unspecified atom stereocenters. The van der Waals surface area contributed by atoms with Crippen molar-refractivity contribution in [3.8, 4) is 6.07 Å². The average molecular weight is 357 g/mol. The van der Waals surface area contributed by atoms with Crippen LogP contribution >= 0.6 is 0 Å². The Morgan fingerprint density at radius 3 is 2.41 bits per heavy atom. The number of nitrogens with one attached hydrogen (secondary N) is 1. The number of ether oxygens (including phenoxy) is 1. The third kappa shape index (κ3) is 3.27. The molecule has 0 saturated carbocycles. The van der Waals surface area contributed by atoms with E-state index in [-0.39, 0.29) is 18.2 Å². The number of carbonyl (C=O) groups excluding carboxylic acids is 1. The average Bonchev–Trinajstić information content (AvgIpc) is 2.68. The zero-order valence-electron chi connectivity index (χ0n) is 14.8. The fraction of sp³-hybridized carbons (Fsp3) is 0.227. The van der Waals surface area contributed by atoms with Crippen LogP contribution < -0.4 is 0 Å². The third-order valence-corrected chi connectivity index (χ3v) is 5.04. The molecule has 5 heteroatoms. The number of ketones is 1. The highest BCUT2D eigenvalue weighted by atomic mass is 16.5. The van der Waals surface area contributed by atoms with Crippen molar-refractivity contribution >= 4 is 11.7 Å². The Hall–Kier alpha value is -3.23. The summed E-state index contributed by atoms with van der Waals surface area (Å²) in [6.45, 7) is 1.38. The minimum Gasteiger partial charge on any atom is -0.445 e. The number of hydrogen-bond acceptors (Lipinski definition) is 5. The van der Waals surface area contributed by atoms with Gasteiger partial charge in [0.2, 0.25) is 5.90 Å². The number of nitrogens with zero attached hydrogens (tertiary/aromatic N) is 2. The first-order valence-corrected chi connectivity index (χ1v) is 8.90. The number of Topliss-reactive ketones (excluding diaryl/α,β-unsaturated/α-hetero) is 1. The van der Waals surface area contributed by atoms with Gasteiger partial charge in [-0.1, -0.05) is 60.7 Å². The Bertz CT molecular complexity index is 945. The van der Waals surface area contributed by atoms with Gasteiger partial charge in [0.25, 0.3) is 0 Å². The maximum atomic E-state index is 13.0. The van der Waals surface area contributed by atoms with Gasteiger partial charge in [-0.05, 0) is 11.1 Å². The van der Waals surface area contributed by atoms with Crippen molar-refractivity contribution in [2.24, 2.45) is 5.92 Å². The van der Waals surface area contributed by atoms with E-state index >= 15 is 0 Å². The number of nitriles is 1. The van der Waals surface area contributed by atoms with Crippen molar-refractivity contribution < 1.29 is 9.53 Å². The summed E-state index contributed by atoms with van der Waals surface area (Å²) in [4.78, 5) is 15.0. The van der Waals surface area contributed by atoms with Gasteiger partial charge in [-0.2, -0.15) is 5.26 Å². The van der Waals surface area contributed by atoms with Gasteiger partial charge in [-0.15, -0.1) is 0 Å². The first kappa shape index (κ1) is 17.2. The van der Waals surface area contributed by atoms with Gasteiger partial charge >= 0.3 is 0 Å². The number of benzene rings is 2. The van der Waals surface area contributed by atoms with E-state index in [1.165, 1.54) is 0 Å². The smallest absolute Gasteiger partial charge is 0.205 e. The van der Waals surface area contributed by atoms with Gasteiger partial charge in [0.05, 0.1) is 19.2 Å². The lowest BCUT2D eigenvalue weighted by Crippen LogP contribution is -2.44. The largest absolute Gasteiger partial charge is 0.445 e. The summed E-state index contributed by atoms with van der Waals surface area (Å²) in [7, 11) is 0. The summed E-state index contributed by atoms with van der Waals surface area (Å²) in [6.07, 6.45) is 0. The van der Waals surface area contributed by atoms with Crippen molar-refractivity contribution in [1.29, 1.82) is 10.7 Å². The zero-order valence-corrected chi connectivity index (χ0v) is 14.8. The molecule has 2 aromatic carbocycles. The van der Waals surface area contributed by atoms with E-state index in [1.807, 2.05) is 65.6 Å². The molecule has 0 aromatic heterocycles. The quantitative estimate of drug-likeness (QED) is 0.915. The molecule has 0 fully saturated rings. The summed E-state index contributed by atoms with van der Waals surface area (Å²) in [5.74, 6) is -0.838. The molecule has 2 heterocycles.